The van der Waals surface area contributed by atoms with Gasteiger partial charge in [0.1, 0.15) is 6.10 Å². The fourth-order valence-electron chi connectivity index (χ4n) is 5.79. The topological polar surface area (TPSA) is 118 Å². The maximum Gasteiger partial charge on any atom is 0.306 e. The first-order chi connectivity index (χ1) is 26.9. The lowest BCUT2D eigenvalue weighted by molar-refractivity contribution is -0.161. The summed E-state index contributed by atoms with van der Waals surface area (Å²) in [5.41, 5.74) is 0. The van der Waals surface area contributed by atoms with E-state index in [0.717, 1.165) is 116 Å². The number of carbonyl (C=O) groups excluding carboxylic acids is 3. The predicted molar refractivity (Wildman–Crippen MR) is 224 cm³/mol. The van der Waals surface area contributed by atoms with Crippen LogP contribution in [0.25, 0.3) is 0 Å². The van der Waals surface area contributed by atoms with Crippen LogP contribution in [0.4, 0.5) is 0 Å². The summed E-state index contributed by atoms with van der Waals surface area (Å²) in [7, 11) is 0. The third-order valence-electron chi connectivity index (χ3n) is 9.17. The summed E-state index contributed by atoms with van der Waals surface area (Å²) < 4.78 is 28.6. The van der Waals surface area contributed by atoms with Crippen LogP contribution in [0.1, 0.15) is 174 Å². The molecule has 0 aliphatic heterocycles. The zero-order chi connectivity index (χ0) is 40.5. The molecule has 0 amide bonds. The highest BCUT2D eigenvalue weighted by molar-refractivity contribution is 5.70. The van der Waals surface area contributed by atoms with E-state index in [2.05, 4.69) is 51.3 Å². The Morgan fingerprint density at radius 2 is 1.02 bits per heavy atom. The number of esters is 3. The minimum Gasteiger partial charge on any atom is -0.465 e. The Kier molecular flexibility index (Phi) is 38.9. The third kappa shape index (κ3) is 36.6. The predicted octanol–water partition coefficient (Wildman–Crippen LogP) is 11.2. The average Bonchev–Trinajstić information content (AvgIpc) is 3.18. The Morgan fingerprint density at radius 1 is 0.545 bits per heavy atom. The number of rotatable bonds is 41. The Labute approximate surface area is 335 Å². The van der Waals surface area contributed by atoms with Gasteiger partial charge >= 0.3 is 17.9 Å². The summed E-state index contributed by atoms with van der Waals surface area (Å²) in [6.07, 6.45) is 33.5. The molecule has 9 nitrogen and oxygen atoms in total. The molecule has 0 aliphatic carbocycles. The zero-order valence-corrected chi connectivity index (χ0v) is 35.0. The van der Waals surface area contributed by atoms with Gasteiger partial charge in [-0.15, -0.1) is 13.2 Å². The summed E-state index contributed by atoms with van der Waals surface area (Å²) in [4.78, 5) is 37.5. The lowest BCUT2D eigenvalue weighted by atomic mass is 10.0. The van der Waals surface area contributed by atoms with Crippen molar-refractivity contribution in [3.8, 4) is 0 Å². The number of unbranched alkanes of at least 4 members (excludes halogenated alkanes) is 12. The van der Waals surface area contributed by atoms with Crippen LogP contribution in [0, 0.1) is 5.92 Å². The number of carbonyl (C=O) groups is 3. The Hall–Kier alpha value is -2.75. The molecule has 0 fully saturated rings. The number of aliphatic hydroxyl groups is 1. The molecule has 0 aromatic carbocycles. The molecule has 0 rings (SSSR count). The number of hydrogen-bond donors (Lipinski definition) is 1. The molecule has 0 aromatic rings. The fourth-order valence-corrected chi connectivity index (χ4v) is 5.79. The van der Waals surface area contributed by atoms with Gasteiger partial charge in [-0.1, -0.05) is 69.6 Å². The summed E-state index contributed by atoms with van der Waals surface area (Å²) >= 11 is 0. The molecule has 0 heterocycles. The van der Waals surface area contributed by atoms with E-state index in [4.69, 9.17) is 23.7 Å². The molecule has 1 atom stereocenters. The van der Waals surface area contributed by atoms with Crippen LogP contribution in [0.5, 0.6) is 0 Å². The van der Waals surface area contributed by atoms with Gasteiger partial charge in [-0.2, -0.15) is 0 Å². The van der Waals surface area contributed by atoms with E-state index in [-0.39, 0.29) is 50.7 Å². The van der Waals surface area contributed by atoms with E-state index in [1.54, 1.807) is 0 Å². The van der Waals surface area contributed by atoms with Crippen LogP contribution in [-0.2, 0) is 38.1 Å². The highest BCUT2D eigenvalue weighted by Gasteiger charge is 2.18. The molecule has 318 valence electrons. The SMILES string of the molecule is C=CCCCCCC(CCCCCC=C)OC(=O)CCCCCC(=O)OCC(CO)COC(=O)CCC(OCCCC/C=C\CC)OCCCC/C=C\CC. The van der Waals surface area contributed by atoms with Crippen LogP contribution in [-0.4, -0.2) is 68.4 Å². The van der Waals surface area contributed by atoms with E-state index in [1.165, 1.54) is 0 Å². The van der Waals surface area contributed by atoms with Gasteiger partial charge in [-0.3, -0.25) is 14.4 Å². The molecular formula is C46H80O9. The maximum atomic E-state index is 12.6. The Balaban J connectivity index is 4.42. The van der Waals surface area contributed by atoms with Crippen LogP contribution < -0.4 is 0 Å². The third-order valence-corrected chi connectivity index (χ3v) is 9.17. The second-order valence-electron chi connectivity index (χ2n) is 14.4. The highest BCUT2D eigenvalue weighted by atomic mass is 16.7. The number of hydrogen-bond acceptors (Lipinski definition) is 9. The van der Waals surface area contributed by atoms with Crippen molar-refractivity contribution in [1.29, 1.82) is 0 Å². The smallest absolute Gasteiger partial charge is 0.306 e. The van der Waals surface area contributed by atoms with Gasteiger partial charge in [0, 0.05) is 32.5 Å². The summed E-state index contributed by atoms with van der Waals surface area (Å²) in [6.45, 7) is 12.6. The quantitative estimate of drug-likeness (QED) is 0.0213. The first-order valence-electron chi connectivity index (χ1n) is 21.8. The summed E-state index contributed by atoms with van der Waals surface area (Å²) in [5.74, 6) is -1.46. The number of ether oxygens (including phenoxy) is 5. The standard InChI is InChI=1S/C46H80O9/c1-5-9-13-17-21-28-36-51-46(52-37-29-22-18-14-10-6-2)35-34-44(49)54-40-41(38-47)39-53-43(48)32-26-23-27-33-45(50)55-42(30-24-19-15-11-7-3)31-25-20-16-12-8-4/h7-10,13-14,41-42,46-47H,3-6,11-12,15-40H2,1-2H3/b13-9-,14-10-. The molecule has 0 bridgehead atoms. The molecule has 9 heteroatoms. The van der Waals surface area contributed by atoms with Crippen molar-refractivity contribution in [3.63, 3.8) is 0 Å². The van der Waals surface area contributed by atoms with Crippen molar-refractivity contribution in [2.24, 2.45) is 5.92 Å². The van der Waals surface area contributed by atoms with E-state index in [0.29, 0.717) is 45.3 Å². The van der Waals surface area contributed by atoms with E-state index < -0.39 is 18.2 Å². The first kappa shape index (κ1) is 52.2. The lowest BCUT2D eigenvalue weighted by Gasteiger charge is -2.19. The van der Waals surface area contributed by atoms with Crippen molar-refractivity contribution in [2.45, 2.75) is 187 Å². The van der Waals surface area contributed by atoms with Crippen molar-refractivity contribution in [3.05, 3.63) is 49.6 Å². The van der Waals surface area contributed by atoms with Crippen LogP contribution in [0.2, 0.25) is 0 Å². The van der Waals surface area contributed by atoms with Crippen molar-refractivity contribution in [2.75, 3.05) is 33.0 Å². The van der Waals surface area contributed by atoms with Gasteiger partial charge in [0.15, 0.2) is 6.29 Å². The van der Waals surface area contributed by atoms with Crippen LogP contribution >= 0.6 is 0 Å². The minimum atomic E-state index is -0.508. The largest absolute Gasteiger partial charge is 0.465 e. The van der Waals surface area contributed by atoms with Gasteiger partial charge in [0.2, 0.25) is 0 Å². The van der Waals surface area contributed by atoms with Crippen molar-refractivity contribution < 1.29 is 43.2 Å². The highest BCUT2D eigenvalue weighted by Crippen LogP contribution is 2.18. The molecule has 0 radical (unpaired) electrons. The molecule has 0 aliphatic rings. The normalized spacial score (nSPS) is 12.2. The summed E-state index contributed by atoms with van der Waals surface area (Å²) in [6, 6.07) is 0. The first-order valence-corrected chi connectivity index (χ1v) is 21.8. The second-order valence-corrected chi connectivity index (χ2v) is 14.4. The van der Waals surface area contributed by atoms with Crippen LogP contribution in [0.3, 0.4) is 0 Å². The number of allylic oxidation sites excluding steroid dienone is 6. The van der Waals surface area contributed by atoms with Crippen molar-refractivity contribution in [1.82, 2.24) is 0 Å². The van der Waals surface area contributed by atoms with Gasteiger partial charge in [0.05, 0.1) is 32.2 Å². The molecule has 0 aromatic heterocycles. The van der Waals surface area contributed by atoms with Gasteiger partial charge in [0.25, 0.3) is 0 Å². The van der Waals surface area contributed by atoms with Gasteiger partial charge in [-0.25, -0.2) is 0 Å². The van der Waals surface area contributed by atoms with Crippen molar-refractivity contribution >= 4 is 17.9 Å². The lowest BCUT2D eigenvalue weighted by Crippen LogP contribution is -2.25. The molecule has 0 saturated heterocycles. The minimum absolute atomic E-state index is 0.0345. The number of aliphatic hydroxyl groups excluding tert-OH is 1. The Morgan fingerprint density at radius 3 is 1.51 bits per heavy atom. The van der Waals surface area contributed by atoms with E-state index in [9.17, 15) is 19.5 Å². The molecular weight excluding hydrogens is 696 g/mol. The molecule has 0 saturated carbocycles. The van der Waals surface area contributed by atoms with Gasteiger partial charge < -0.3 is 28.8 Å². The molecule has 1 N–H and O–H groups in total. The zero-order valence-electron chi connectivity index (χ0n) is 35.0. The average molecular weight is 777 g/mol. The molecule has 0 spiro atoms. The van der Waals surface area contributed by atoms with Gasteiger partial charge in [-0.05, 0) is 116 Å². The second kappa shape index (κ2) is 40.9. The maximum absolute atomic E-state index is 12.6. The van der Waals surface area contributed by atoms with E-state index in [1.807, 2.05) is 12.2 Å². The fraction of sp³-hybridized carbons (Fsp3) is 0.761. The molecule has 55 heavy (non-hydrogen) atoms. The van der Waals surface area contributed by atoms with E-state index >= 15 is 0 Å². The molecule has 1 unspecified atom stereocenters. The van der Waals surface area contributed by atoms with Crippen LogP contribution in [0.15, 0.2) is 49.6 Å². The monoisotopic (exact) mass is 777 g/mol. The Bertz CT molecular complexity index is 950. The summed E-state index contributed by atoms with van der Waals surface area (Å²) in [5, 5.41) is 9.79.